The van der Waals surface area contributed by atoms with Crippen LogP contribution in [0.15, 0.2) is 59.1 Å². The van der Waals surface area contributed by atoms with Gasteiger partial charge in [0.15, 0.2) is 0 Å². The molecular formula is C50H55BrClF2N10O12P. The van der Waals surface area contributed by atoms with Crippen molar-refractivity contribution in [3.8, 4) is 5.75 Å². The molecule has 5 atom stereocenters. The number of alkyl halides is 2. The van der Waals surface area contributed by atoms with E-state index >= 15 is 0 Å². The van der Waals surface area contributed by atoms with E-state index in [4.69, 9.17) is 22.1 Å². The molecule has 8 N–H and O–H groups in total. The van der Waals surface area contributed by atoms with Crippen molar-refractivity contribution in [3.05, 3.63) is 92.0 Å². The maximum atomic E-state index is 14.5. The van der Waals surface area contributed by atoms with Gasteiger partial charge in [-0.25, -0.2) is 0 Å². The summed E-state index contributed by atoms with van der Waals surface area (Å²) in [6, 6.07) is 8.47. The number of nitrogens with one attached hydrogen (secondary N) is 4. The lowest BCUT2D eigenvalue weighted by molar-refractivity contribution is -0.143. The minimum atomic E-state index is -5.86. The number of imide groups is 2. The summed E-state index contributed by atoms with van der Waals surface area (Å²) in [7, 11) is -4.07. The fourth-order valence-electron chi connectivity index (χ4n) is 10.7. The van der Waals surface area contributed by atoms with E-state index in [-0.39, 0.29) is 72.6 Å². The Bertz CT molecular complexity index is 3140. The van der Waals surface area contributed by atoms with Crippen molar-refractivity contribution in [2.75, 3.05) is 57.8 Å². The molecule has 22 nitrogen and oxygen atoms in total. The van der Waals surface area contributed by atoms with Gasteiger partial charge in [0, 0.05) is 79.1 Å². The van der Waals surface area contributed by atoms with E-state index in [0.29, 0.717) is 79.5 Å². The number of hydrogen-bond acceptors (Lipinski definition) is 13. The summed E-state index contributed by atoms with van der Waals surface area (Å²) in [6.07, 6.45) is 1.40. The van der Waals surface area contributed by atoms with Crippen molar-refractivity contribution in [1.29, 1.82) is 0 Å². The molecule has 0 bridgehead atoms. The molecule has 77 heavy (non-hydrogen) atoms. The van der Waals surface area contributed by atoms with Crippen molar-refractivity contribution in [1.82, 2.24) is 40.5 Å². The molecule has 1 unspecified atom stereocenters. The number of hydrogen-bond donors (Lipinski definition) is 7. The number of carbonyl (C=O) groups excluding carboxylic acids is 8. The normalized spacial score (nSPS) is 22.1. The van der Waals surface area contributed by atoms with Crippen molar-refractivity contribution in [2.45, 2.75) is 87.4 Å². The Morgan fingerprint density at radius 2 is 1.73 bits per heavy atom. The first-order valence-corrected chi connectivity index (χ1v) is 27.7. The standard InChI is InChI=1S/C50H55BrClF2N10O12P/c1-60-16-15-30-8-11-36(63(30)48(71)34(24-60)58-44(67)33-22-27-21-28(6-10-32(27)57-33)50(53,54)77(73,74)75)45(68)56-29(7-13-39(55)65)25-76-38-4-2-3-35(43(38)52)62-19-17-61(18-20-62)23-26-5-9-31-41(42(26)51)49(72)64(47(31)70)37-12-14-40(66)59-46(37)69/h2-6,9-10,21-22,29-30,34,36-37,57H,7-8,11-20,23-25H2,1H3,(H2,55,65)(H,56,68)(H,58,67)(H,59,66,69)(H2,73,74,75)/t29-,30+,34-,36-,37?/m0/s1. The Hall–Kier alpha value is -6.34. The number of aromatic nitrogens is 1. The van der Waals surface area contributed by atoms with E-state index in [9.17, 15) is 61.5 Å². The van der Waals surface area contributed by atoms with Crippen LogP contribution in [0.25, 0.3) is 10.9 Å². The average molecular weight is 1170 g/mol. The Kier molecular flexibility index (Phi) is 16.0. The topological polar surface area (TPSA) is 297 Å². The van der Waals surface area contributed by atoms with Gasteiger partial charge in [0.25, 0.3) is 17.7 Å². The first kappa shape index (κ1) is 55.4. The lowest BCUT2D eigenvalue weighted by Crippen LogP contribution is -2.60. The fraction of sp³-hybridized carbons (Fsp3) is 0.440. The number of benzene rings is 3. The van der Waals surface area contributed by atoms with Crippen LogP contribution >= 0.6 is 35.1 Å². The van der Waals surface area contributed by atoms with E-state index in [0.717, 1.165) is 28.7 Å². The fourth-order valence-corrected chi connectivity index (χ4v) is 12.1. The number of piperazine rings is 1. The molecule has 5 aliphatic rings. The van der Waals surface area contributed by atoms with Crippen molar-refractivity contribution < 1.29 is 66.2 Å². The van der Waals surface area contributed by atoms with E-state index in [1.165, 1.54) is 11.0 Å². The van der Waals surface area contributed by atoms with Gasteiger partial charge >= 0.3 is 13.3 Å². The highest BCUT2D eigenvalue weighted by molar-refractivity contribution is 9.10. The van der Waals surface area contributed by atoms with Gasteiger partial charge in [-0.3, -0.25) is 58.0 Å². The van der Waals surface area contributed by atoms with E-state index < -0.39 is 90.2 Å². The first-order valence-electron chi connectivity index (χ1n) is 24.9. The number of likely N-dealkylation sites (N-methyl/N-ethyl adjacent to an activating group) is 1. The van der Waals surface area contributed by atoms with Gasteiger partial charge in [0.2, 0.25) is 29.5 Å². The second-order valence-electron chi connectivity index (χ2n) is 19.9. The van der Waals surface area contributed by atoms with Crippen LogP contribution in [0.4, 0.5) is 14.5 Å². The van der Waals surface area contributed by atoms with Crippen molar-refractivity contribution in [2.24, 2.45) is 5.73 Å². The van der Waals surface area contributed by atoms with Crippen LogP contribution < -0.4 is 31.3 Å². The number of fused-ring (bicyclic) bond motifs is 3. The largest absolute Gasteiger partial charge is 0.490 e. The third kappa shape index (κ3) is 11.3. The van der Waals surface area contributed by atoms with Crippen LogP contribution in [-0.2, 0) is 40.7 Å². The molecular weight excluding hydrogens is 1120 g/mol. The van der Waals surface area contributed by atoms with Crippen LogP contribution in [0.5, 0.6) is 5.75 Å². The second kappa shape index (κ2) is 22.2. The second-order valence-corrected chi connectivity index (χ2v) is 22.7. The molecule has 0 saturated carbocycles. The highest BCUT2D eigenvalue weighted by Gasteiger charge is 2.51. The summed E-state index contributed by atoms with van der Waals surface area (Å²) in [5.74, 6) is -4.42. The Morgan fingerprint density at radius 1 is 0.974 bits per heavy atom. The number of aromatic amines is 1. The SMILES string of the molecule is CN1CC[C@H]2CC[C@@H](C(=O)N[C@@H](CCC(N)=O)COc3cccc(N4CCN(Cc5ccc6c(c5Br)C(=O)N(C5CCC(=O)NC5=O)C6=O)CC4)c3Cl)N2C(=O)[C@@H](NC(=O)c2cc3cc(C(F)(F)P(=O)(O)O)ccc3[nH]2)C1. The number of carbonyl (C=O) groups is 8. The summed E-state index contributed by atoms with van der Waals surface area (Å²) < 4.78 is 47.2. The number of H-pyrrole nitrogens is 1. The molecule has 6 heterocycles. The number of halogens is 4. The highest BCUT2D eigenvalue weighted by atomic mass is 79.9. The quantitative estimate of drug-likeness (QED) is 0.0627. The van der Waals surface area contributed by atoms with E-state index in [1.54, 1.807) is 31.3 Å². The molecule has 1 aromatic heterocycles. The van der Waals surface area contributed by atoms with E-state index in [2.05, 4.69) is 46.7 Å². The predicted molar refractivity (Wildman–Crippen MR) is 277 cm³/mol. The maximum Gasteiger partial charge on any atom is 0.399 e. The van der Waals surface area contributed by atoms with Gasteiger partial charge < -0.3 is 50.6 Å². The van der Waals surface area contributed by atoms with Crippen LogP contribution in [0, 0.1) is 0 Å². The molecule has 4 aromatic rings. The maximum absolute atomic E-state index is 14.5. The lowest BCUT2D eigenvalue weighted by Gasteiger charge is -2.38. The van der Waals surface area contributed by atoms with Crippen LogP contribution in [-0.4, -0.2) is 165 Å². The number of nitrogens with two attached hydrogens (primary N) is 1. The Balaban J connectivity index is 0.824. The molecule has 3 aromatic carbocycles. The lowest BCUT2D eigenvalue weighted by atomic mass is 10.0. The van der Waals surface area contributed by atoms with Gasteiger partial charge in [-0.15, -0.1) is 0 Å². The van der Waals surface area contributed by atoms with Crippen LogP contribution in [0.2, 0.25) is 5.02 Å². The summed E-state index contributed by atoms with van der Waals surface area (Å²) >= 11 is 10.6. The third-order valence-electron chi connectivity index (χ3n) is 14.8. The van der Waals surface area contributed by atoms with Crippen molar-refractivity contribution >= 4 is 99.0 Å². The van der Waals surface area contributed by atoms with Gasteiger partial charge in [-0.05, 0) is 104 Å². The number of ether oxygens (including phenoxy) is 1. The smallest absolute Gasteiger partial charge is 0.399 e. The summed E-state index contributed by atoms with van der Waals surface area (Å²) in [5.41, 5.74) is 2.06. The zero-order chi connectivity index (χ0) is 55.2. The van der Waals surface area contributed by atoms with Crippen molar-refractivity contribution in [3.63, 3.8) is 0 Å². The number of anilines is 1. The van der Waals surface area contributed by atoms with Gasteiger partial charge in [-0.2, -0.15) is 8.78 Å². The zero-order valence-corrected chi connectivity index (χ0v) is 44.7. The first-order chi connectivity index (χ1) is 36.5. The highest BCUT2D eigenvalue weighted by Crippen LogP contribution is 2.59. The summed E-state index contributed by atoms with van der Waals surface area (Å²) in [5, 5.41) is 8.29. The molecule has 4 fully saturated rings. The molecule has 410 valence electrons. The molecule has 8 amide bonds. The number of primary amides is 1. The summed E-state index contributed by atoms with van der Waals surface area (Å²) in [4.78, 5) is 136. The molecule has 4 saturated heterocycles. The molecule has 0 radical (unpaired) electrons. The Morgan fingerprint density at radius 3 is 2.44 bits per heavy atom. The minimum absolute atomic E-state index is 0.0133. The van der Waals surface area contributed by atoms with Gasteiger partial charge in [-0.1, -0.05) is 29.8 Å². The Labute approximate surface area is 452 Å². The molecule has 27 heteroatoms. The van der Waals surface area contributed by atoms with Gasteiger partial charge in [0.05, 0.1) is 22.9 Å². The minimum Gasteiger partial charge on any atom is -0.490 e. The number of rotatable bonds is 16. The number of amides is 8. The predicted octanol–water partition coefficient (Wildman–Crippen LogP) is 3.16. The zero-order valence-electron chi connectivity index (χ0n) is 41.4. The number of piperidine rings is 1. The third-order valence-corrected chi connectivity index (χ3v) is 17.1. The van der Waals surface area contributed by atoms with Crippen LogP contribution in [0.1, 0.15) is 87.3 Å². The molecule has 0 spiro atoms. The average Bonchev–Trinajstić information content (AvgIpc) is 4.11. The molecule has 9 rings (SSSR count). The molecule has 5 aliphatic heterocycles. The van der Waals surface area contributed by atoms with Crippen LogP contribution in [0.3, 0.4) is 0 Å². The summed E-state index contributed by atoms with van der Waals surface area (Å²) in [6.45, 7) is 3.21. The van der Waals surface area contributed by atoms with Gasteiger partial charge in [0.1, 0.15) is 41.2 Å². The van der Waals surface area contributed by atoms with E-state index in [1.807, 2.05) is 11.0 Å². The monoisotopic (exact) mass is 1170 g/mol. The number of nitrogens with zero attached hydrogens (tertiary/aromatic N) is 5. The molecule has 0 aliphatic carbocycles.